The van der Waals surface area contributed by atoms with E-state index in [1.165, 1.54) is 0 Å². The molecule has 0 fully saturated rings. The second kappa shape index (κ2) is 7.28. The number of hydrogen-bond donors (Lipinski definition) is 0. The summed E-state index contributed by atoms with van der Waals surface area (Å²) in [5, 5.41) is 8.33. The summed E-state index contributed by atoms with van der Waals surface area (Å²) in [7, 11) is 0. The van der Waals surface area contributed by atoms with Gasteiger partial charge in [-0.2, -0.15) is 9.59 Å². The molecule has 6 heteroatoms. The van der Waals surface area contributed by atoms with E-state index in [0.29, 0.717) is 0 Å². The van der Waals surface area contributed by atoms with Crippen LogP contribution in [-0.2, 0) is 9.59 Å². The number of aromatic nitrogens is 3. The van der Waals surface area contributed by atoms with E-state index in [-0.39, 0.29) is 6.15 Å². The Morgan fingerprint density at radius 1 is 0.952 bits per heavy atom. The van der Waals surface area contributed by atoms with Gasteiger partial charge in [-0.05, 0) is 24.3 Å². The van der Waals surface area contributed by atoms with Crippen LogP contribution in [0.3, 0.4) is 0 Å². The molecule has 0 radical (unpaired) electrons. The lowest BCUT2D eigenvalue weighted by Gasteiger charge is -1.97. The highest BCUT2D eigenvalue weighted by molar-refractivity contribution is 9.10. The maximum Gasteiger partial charge on any atom is 0.373 e. The molecule has 0 aliphatic carbocycles. The molecule has 104 valence electrons. The van der Waals surface area contributed by atoms with Crippen molar-refractivity contribution in [3.05, 3.63) is 65.3 Å². The van der Waals surface area contributed by atoms with Gasteiger partial charge in [0.15, 0.2) is 0 Å². The van der Waals surface area contributed by atoms with Gasteiger partial charge in [-0.15, -0.1) is 5.10 Å². The molecule has 0 aliphatic rings. The Morgan fingerprint density at radius 2 is 1.57 bits per heavy atom. The number of hydrogen-bond acceptors (Lipinski definition) is 4. The second-order valence-electron chi connectivity index (χ2n) is 3.97. The second-order valence-corrected chi connectivity index (χ2v) is 4.89. The first-order valence-corrected chi connectivity index (χ1v) is 6.77. The number of halogens is 1. The average molecular weight is 344 g/mol. The van der Waals surface area contributed by atoms with Crippen molar-refractivity contribution in [3.63, 3.8) is 0 Å². The third-order valence-corrected chi connectivity index (χ3v) is 3.18. The van der Waals surface area contributed by atoms with Gasteiger partial charge in [-0.1, -0.05) is 51.5 Å². The monoisotopic (exact) mass is 343 g/mol. The highest BCUT2D eigenvalue weighted by Gasteiger charge is 2.04. The molecule has 3 aromatic rings. The third-order valence-electron chi connectivity index (χ3n) is 2.65. The minimum Gasteiger partial charge on any atom is -0.220 e. The molecule has 0 aliphatic heterocycles. The van der Waals surface area contributed by atoms with E-state index < -0.39 is 0 Å². The van der Waals surface area contributed by atoms with Gasteiger partial charge in [0.25, 0.3) is 0 Å². The van der Waals surface area contributed by atoms with Gasteiger partial charge in [0.2, 0.25) is 0 Å². The van der Waals surface area contributed by atoms with Crippen molar-refractivity contribution in [3.8, 4) is 16.9 Å². The molecule has 0 saturated heterocycles. The molecule has 0 spiro atoms. The molecule has 0 N–H and O–H groups in total. The molecule has 0 saturated carbocycles. The van der Waals surface area contributed by atoms with E-state index in [1.807, 2.05) is 60.8 Å². The Morgan fingerprint density at radius 3 is 2.19 bits per heavy atom. The van der Waals surface area contributed by atoms with Crippen LogP contribution in [0.2, 0.25) is 0 Å². The normalized spacial score (nSPS) is 9.38. The molecule has 2 aromatic carbocycles. The maximum absolute atomic E-state index is 8.12. The predicted molar refractivity (Wildman–Crippen MR) is 79.5 cm³/mol. The Balaban J connectivity index is 0.000000497. The van der Waals surface area contributed by atoms with E-state index in [0.717, 1.165) is 21.4 Å². The molecular weight excluding hydrogens is 334 g/mol. The Bertz CT molecular complexity index is 733. The molecule has 0 unspecified atom stereocenters. The van der Waals surface area contributed by atoms with Crippen LogP contribution in [0.4, 0.5) is 0 Å². The molecule has 5 nitrogen and oxygen atoms in total. The molecule has 0 atom stereocenters. The molecule has 0 bridgehead atoms. The molecular formula is C15H10BrN3O2. The van der Waals surface area contributed by atoms with E-state index in [1.54, 1.807) is 4.68 Å². The summed E-state index contributed by atoms with van der Waals surface area (Å²) in [5.41, 5.74) is 2.93. The van der Waals surface area contributed by atoms with Gasteiger partial charge in [0.1, 0.15) is 5.69 Å². The van der Waals surface area contributed by atoms with Gasteiger partial charge in [-0.25, -0.2) is 4.68 Å². The van der Waals surface area contributed by atoms with E-state index in [4.69, 9.17) is 9.59 Å². The first kappa shape index (κ1) is 14.8. The Hall–Kier alpha value is -2.56. The predicted octanol–water partition coefficient (Wildman–Crippen LogP) is 3.11. The lowest BCUT2D eigenvalue weighted by molar-refractivity contribution is -0.191. The van der Waals surface area contributed by atoms with E-state index >= 15 is 0 Å². The van der Waals surface area contributed by atoms with Crippen LogP contribution >= 0.6 is 15.9 Å². The number of benzene rings is 2. The van der Waals surface area contributed by atoms with Crippen molar-refractivity contribution in [1.29, 1.82) is 0 Å². The Kier molecular flexibility index (Phi) is 5.15. The summed E-state index contributed by atoms with van der Waals surface area (Å²) >= 11 is 3.42. The molecule has 3 rings (SSSR count). The number of nitrogens with zero attached hydrogens (tertiary/aromatic N) is 3. The minimum absolute atomic E-state index is 0.250. The van der Waals surface area contributed by atoms with Crippen LogP contribution in [0.25, 0.3) is 16.9 Å². The van der Waals surface area contributed by atoms with Crippen LogP contribution in [0.15, 0.2) is 65.3 Å². The van der Waals surface area contributed by atoms with Crippen LogP contribution < -0.4 is 0 Å². The van der Waals surface area contributed by atoms with Crippen LogP contribution in [0.5, 0.6) is 0 Å². The largest absolute Gasteiger partial charge is 0.373 e. The summed E-state index contributed by atoms with van der Waals surface area (Å²) in [6, 6.07) is 18.0. The number of carbonyl (C=O) groups excluding carboxylic acids is 2. The third kappa shape index (κ3) is 3.95. The van der Waals surface area contributed by atoms with Crippen molar-refractivity contribution < 1.29 is 9.59 Å². The van der Waals surface area contributed by atoms with E-state index in [2.05, 4.69) is 26.2 Å². The molecule has 21 heavy (non-hydrogen) atoms. The average Bonchev–Trinajstić information content (AvgIpc) is 3.00. The standard InChI is InChI=1S/C14H10BrN3.CO2/c15-12-8-6-11(7-9-12)14-10-18(17-16-14)13-4-2-1-3-5-13;2-1-3/h1-10H;. The summed E-state index contributed by atoms with van der Waals surface area (Å²) in [5.74, 6) is 0. The summed E-state index contributed by atoms with van der Waals surface area (Å²) in [4.78, 5) is 16.2. The minimum atomic E-state index is 0.250. The van der Waals surface area contributed by atoms with Crippen molar-refractivity contribution in [2.75, 3.05) is 0 Å². The first-order valence-electron chi connectivity index (χ1n) is 5.97. The smallest absolute Gasteiger partial charge is 0.220 e. The topological polar surface area (TPSA) is 64.8 Å². The van der Waals surface area contributed by atoms with Crippen LogP contribution in [-0.4, -0.2) is 21.1 Å². The van der Waals surface area contributed by atoms with Crippen molar-refractivity contribution >= 4 is 22.1 Å². The molecule has 1 aromatic heterocycles. The highest BCUT2D eigenvalue weighted by Crippen LogP contribution is 2.20. The quantitative estimate of drug-likeness (QED) is 0.717. The zero-order valence-corrected chi connectivity index (χ0v) is 12.4. The number of rotatable bonds is 2. The molecule has 1 heterocycles. The van der Waals surface area contributed by atoms with Crippen molar-refractivity contribution in [1.82, 2.24) is 15.0 Å². The van der Waals surface area contributed by atoms with Gasteiger partial charge in [0.05, 0.1) is 11.9 Å². The van der Waals surface area contributed by atoms with Crippen molar-refractivity contribution in [2.24, 2.45) is 0 Å². The van der Waals surface area contributed by atoms with Gasteiger partial charge in [-0.3, -0.25) is 0 Å². The fourth-order valence-corrected chi connectivity index (χ4v) is 1.99. The number of para-hydroxylation sites is 1. The Labute approximate surface area is 129 Å². The maximum atomic E-state index is 8.12. The molecule has 0 amide bonds. The zero-order valence-electron chi connectivity index (χ0n) is 10.8. The lowest BCUT2D eigenvalue weighted by atomic mass is 10.2. The fraction of sp³-hybridized carbons (Fsp3) is 0. The van der Waals surface area contributed by atoms with E-state index in [9.17, 15) is 0 Å². The summed E-state index contributed by atoms with van der Waals surface area (Å²) < 4.78 is 2.83. The fourth-order valence-electron chi connectivity index (χ4n) is 1.72. The zero-order chi connectivity index (χ0) is 15.1. The SMILES string of the molecule is Brc1ccc(-c2cn(-c3ccccc3)nn2)cc1.O=C=O. The first-order chi connectivity index (χ1) is 10.2. The van der Waals surface area contributed by atoms with Crippen LogP contribution in [0.1, 0.15) is 0 Å². The van der Waals surface area contributed by atoms with Crippen molar-refractivity contribution in [2.45, 2.75) is 0 Å². The summed E-state index contributed by atoms with van der Waals surface area (Å²) in [6.07, 6.45) is 2.18. The van der Waals surface area contributed by atoms with Gasteiger partial charge < -0.3 is 0 Å². The van der Waals surface area contributed by atoms with Gasteiger partial charge in [0, 0.05) is 10.0 Å². The van der Waals surface area contributed by atoms with Gasteiger partial charge >= 0.3 is 6.15 Å². The highest BCUT2D eigenvalue weighted by atomic mass is 79.9. The summed E-state index contributed by atoms with van der Waals surface area (Å²) in [6.45, 7) is 0. The lowest BCUT2D eigenvalue weighted by Crippen LogP contribution is -1.93. The van der Waals surface area contributed by atoms with Crippen LogP contribution in [0, 0.1) is 0 Å².